The number of carbonyl (C=O) groups excluding carboxylic acids is 3. The second kappa shape index (κ2) is 10.7. The van der Waals surface area contributed by atoms with E-state index in [1.807, 2.05) is 78.2 Å². The van der Waals surface area contributed by atoms with Crippen molar-refractivity contribution in [1.82, 2.24) is 10.2 Å². The number of β-lactam (4-membered cyclic amide) rings is 1. The molecule has 1 saturated heterocycles. The lowest BCUT2D eigenvalue weighted by atomic mass is 9.97. The molecule has 2 N–H and O–H groups in total. The van der Waals surface area contributed by atoms with Gasteiger partial charge in [0.15, 0.2) is 12.1 Å². The molecule has 3 atom stereocenters. The van der Waals surface area contributed by atoms with Gasteiger partial charge in [0.25, 0.3) is 0 Å². The minimum Gasteiger partial charge on any atom is -0.451 e. The average Bonchev–Trinajstić information content (AvgIpc) is 3.43. The third-order valence-corrected chi connectivity index (χ3v) is 8.24. The molecule has 1 unspecified atom stereocenters. The summed E-state index contributed by atoms with van der Waals surface area (Å²) in [6, 6.07) is 20.7. The van der Waals surface area contributed by atoms with Crippen LogP contribution < -0.4 is 5.32 Å². The van der Waals surface area contributed by atoms with Crippen LogP contribution in [0.25, 0.3) is 0 Å². The second-order valence-corrected chi connectivity index (χ2v) is 10.5. The number of esters is 1. The van der Waals surface area contributed by atoms with E-state index in [4.69, 9.17) is 4.74 Å². The Morgan fingerprint density at radius 2 is 1.67 bits per heavy atom. The Hall–Kier alpha value is -3.40. The van der Waals surface area contributed by atoms with Crippen LogP contribution in [0.2, 0.25) is 0 Å². The Morgan fingerprint density at radius 3 is 2.25 bits per heavy atom. The van der Waals surface area contributed by atoms with Gasteiger partial charge in [0, 0.05) is 4.88 Å². The van der Waals surface area contributed by atoms with Gasteiger partial charge in [-0.1, -0.05) is 66.7 Å². The molecule has 5 rings (SSSR count). The van der Waals surface area contributed by atoms with E-state index in [2.05, 4.69) is 5.32 Å². The second-order valence-electron chi connectivity index (χ2n) is 8.47. The van der Waals surface area contributed by atoms with Crippen LogP contribution in [0.4, 0.5) is 0 Å². The number of rotatable bonds is 8. The molecule has 2 aliphatic heterocycles. The van der Waals surface area contributed by atoms with Crippen LogP contribution in [-0.2, 0) is 25.5 Å². The maximum absolute atomic E-state index is 13.5. The van der Waals surface area contributed by atoms with Crippen molar-refractivity contribution < 1.29 is 24.2 Å². The van der Waals surface area contributed by atoms with E-state index < -0.39 is 29.5 Å². The summed E-state index contributed by atoms with van der Waals surface area (Å²) in [6.45, 7) is -0.389. The minimum absolute atomic E-state index is 0.192. The number of nitrogens with zero attached hydrogens (tertiary/aromatic N) is 1. The zero-order valence-corrected chi connectivity index (χ0v) is 20.8. The Balaban J connectivity index is 1.35. The molecule has 0 radical (unpaired) electrons. The van der Waals surface area contributed by atoms with Crippen molar-refractivity contribution in [2.75, 3.05) is 6.61 Å². The number of benzene rings is 2. The van der Waals surface area contributed by atoms with E-state index >= 15 is 0 Å². The molecule has 2 amide bonds. The number of thioether (sulfide) groups is 1. The van der Waals surface area contributed by atoms with E-state index in [0.717, 1.165) is 16.0 Å². The van der Waals surface area contributed by atoms with E-state index in [9.17, 15) is 19.5 Å². The molecule has 3 aromatic rings. The van der Waals surface area contributed by atoms with Gasteiger partial charge in [-0.25, -0.2) is 4.79 Å². The molecule has 0 saturated carbocycles. The van der Waals surface area contributed by atoms with Gasteiger partial charge in [-0.3, -0.25) is 9.59 Å². The lowest BCUT2D eigenvalue weighted by molar-refractivity contribution is -0.165. The number of hydrogen-bond donors (Lipinski definition) is 2. The number of aliphatic hydroxyl groups is 1. The number of amides is 2. The van der Waals surface area contributed by atoms with Crippen molar-refractivity contribution in [1.29, 1.82) is 0 Å². The number of ether oxygens (including phenoxy) is 1. The van der Waals surface area contributed by atoms with Crippen LogP contribution >= 0.6 is 23.1 Å². The zero-order chi connectivity index (χ0) is 25.1. The van der Waals surface area contributed by atoms with Gasteiger partial charge in [0.05, 0.1) is 13.0 Å². The fraction of sp³-hybridized carbons (Fsp3) is 0.222. The van der Waals surface area contributed by atoms with Crippen molar-refractivity contribution in [3.05, 3.63) is 105 Å². The van der Waals surface area contributed by atoms with E-state index in [1.165, 1.54) is 28.0 Å². The SMILES string of the molecule is O=C(Cc1cccs1)N[C@@H]1C(=O)N2C(C(=O)OC(c3ccccc3)c3ccccc3)C(CO)=CS[C@H]12. The minimum atomic E-state index is -1.06. The molecule has 1 aromatic heterocycles. The lowest BCUT2D eigenvalue weighted by Crippen LogP contribution is -2.74. The highest BCUT2D eigenvalue weighted by Gasteiger charge is 2.56. The van der Waals surface area contributed by atoms with Crippen molar-refractivity contribution in [2.45, 2.75) is 30.0 Å². The molecule has 3 heterocycles. The normalized spacial score (nSPS) is 20.8. The summed E-state index contributed by atoms with van der Waals surface area (Å²) in [7, 11) is 0. The third kappa shape index (κ3) is 4.82. The number of carbonyl (C=O) groups is 3. The predicted molar refractivity (Wildman–Crippen MR) is 138 cm³/mol. The molecule has 0 spiro atoms. The van der Waals surface area contributed by atoms with Crippen molar-refractivity contribution in [3.63, 3.8) is 0 Å². The van der Waals surface area contributed by atoms with Crippen LogP contribution in [-0.4, -0.2) is 51.9 Å². The smallest absolute Gasteiger partial charge is 0.334 e. The Bertz CT molecular complexity index is 1220. The van der Waals surface area contributed by atoms with Crippen LogP contribution in [0.15, 0.2) is 89.2 Å². The van der Waals surface area contributed by atoms with Crippen molar-refractivity contribution in [2.24, 2.45) is 0 Å². The Kier molecular flexibility index (Phi) is 7.22. The van der Waals surface area contributed by atoms with E-state index in [1.54, 1.807) is 5.41 Å². The maximum atomic E-state index is 13.5. The topological polar surface area (TPSA) is 95.9 Å². The van der Waals surface area contributed by atoms with Crippen LogP contribution in [0.5, 0.6) is 0 Å². The molecule has 2 aliphatic rings. The maximum Gasteiger partial charge on any atom is 0.334 e. The molecule has 0 aliphatic carbocycles. The van der Waals surface area contributed by atoms with Crippen LogP contribution in [0.1, 0.15) is 22.1 Å². The van der Waals surface area contributed by atoms with Gasteiger partial charge in [-0.2, -0.15) is 0 Å². The highest BCUT2D eigenvalue weighted by atomic mass is 32.2. The molecular formula is C27H24N2O5S2. The molecular weight excluding hydrogens is 496 g/mol. The Labute approximate surface area is 216 Å². The van der Waals surface area contributed by atoms with Gasteiger partial charge in [0.1, 0.15) is 11.4 Å². The number of hydrogen-bond acceptors (Lipinski definition) is 7. The average molecular weight is 521 g/mol. The summed E-state index contributed by atoms with van der Waals surface area (Å²) in [6.07, 6.45) is -0.483. The van der Waals surface area contributed by atoms with Gasteiger partial charge in [-0.05, 0) is 33.6 Å². The number of fused-ring (bicyclic) bond motifs is 1. The fourth-order valence-corrected chi connectivity index (χ4v) is 6.31. The summed E-state index contributed by atoms with van der Waals surface area (Å²) in [5.41, 5.74) is 1.97. The monoisotopic (exact) mass is 520 g/mol. The number of aliphatic hydroxyl groups excluding tert-OH is 1. The van der Waals surface area contributed by atoms with Crippen molar-refractivity contribution >= 4 is 40.9 Å². The quantitative estimate of drug-likeness (QED) is 0.350. The summed E-state index contributed by atoms with van der Waals surface area (Å²) >= 11 is 2.78. The standard InChI is InChI=1S/C27H24N2O5S2/c30-15-19-16-36-26-22(28-21(31)14-20-12-7-13-35-20)25(32)29(26)23(19)27(33)34-24(17-8-3-1-4-9-17)18-10-5-2-6-11-18/h1-13,16,22-24,26,30H,14-15H2,(H,28,31)/t22-,23?,26-/m1/s1. The molecule has 7 nitrogen and oxygen atoms in total. The lowest BCUT2D eigenvalue weighted by Gasteiger charge is -2.51. The molecule has 184 valence electrons. The largest absolute Gasteiger partial charge is 0.451 e. The predicted octanol–water partition coefficient (Wildman–Crippen LogP) is 3.27. The fourth-order valence-electron chi connectivity index (χ4n) is 4.39. The number of thiophene rings is 1. The first-order chi connectivity index (χ1) is 17.6. The molecule has 36 heavy (non-hydrogen) atoms. The zero-order valence-electron chi connectivity index (χ0n) is 19.2. The van der Waals surface area contributed by atoms with Crippen molar-refractivity contribution in [3.8, 4) is 0 Å². The highest BCUT2D eigenvalue weighted by Crippen LogP contribution is 2.41. The first-order valence-electron chi connectivity index (χ1n) is 11.5. The van der Waals surface area contributed by atoms with Gasteiger partial charge in [-0.15, -0.1) is 23.1 Å². The van der Waals surface area contributed by atoms with Crippen LogP contribution in [0.3, 0.4) is 0 Å². The molecule has 1 fully saturated rings. The molecule has 9 heteroatoms. The van der Waals surface area contributed by atoms with Gasteiger partial charge < -0.3 is 20.1 Å². The molecule has 0 bridgehead atoms. The third-order valence-electron chi connectivity index (χ3n) is 6.14. The summed E-state index contributed by atoms with van der Waals surface area (Å²) in [4.78, 5) is 41.5. The van der Waals surface area contributed by atoms with E-state index in [0.29, 0.717) is 5.57 Å². The van der Waals surface area contributed by atoms with E-state index in [-0.39, 0.29) is 24.8 Å². The summed E-state index contributed by atoms with van der Waals surface area (Å²) in [5, 5.41) is 15.9. The summed E-state index contributed by atoms with van der Waals surface area (Å²) in [5.74, 6) is -1.25. The first kappa shape index (κ1) is 24.3. The Morgan fingerprint density at radius 1 is 1.00 bits per heavy atom. The van der Waals surface area contributed by atoms with Crippen LogP contribution in [0, 0.1) is 0 Å². The first-order valence-corrected chi connectivity index (χ1v) is 13.3. The van der Waals surface area contributed by atoms with Gasteiger partial charge in [0.2, 0.25) is 11.8 Å². The summed E-state index contributed by atoms with van der Waals surface area (Å²) < 4.78 is 6.00. The highest BCUT2D eigenvalue weighted by molar-refractivity contribution is 8.02. The number of nitrogens with one attached hydrogen (secondary N) is 1. The molecule has 2 aromatic carbocycles. The van der Waals surface area contributed by atoms with Gasteiger partial charge >= 0.3 is 5.97 Å².